The number of halogens is 2. The minimum Gasteiger partial charge on any atom is -0.463 e. The van der Waals surface area contributed by atoms with Gasteiger partial charge in [0.25, 0.3) is 11.4 Å². The van der Waals surface area contributed by atoms with Crippen LogP contribution in [-0.4, -0.2) is 47.1 Å². The molecule has 0 bridgehead atoms. The van der Waals surface area contributed by atoms with Crippen LogP contribution < -0.4 is 9.80 Å². The molecule has 0 aromatic heterocycles. The molecule has 14 heteroatoms. The summed E-state index contributed by atoms with van der Waals surface area (Å²) in [6, 6.07) is 23.5. The Morgan fingerprint density at radius 2 is 0.982 bits per heavy atom. The van der Waals surface area contributed by atoms with Crippen LogP contribution in [0.1, 0.15) is 75.9 Å². The van der Waals surface area contributed by atoms with Crippen LogP contribution in [0.3, 0.4) is 0 Å². The highest BCUT2D eigenvalue weighted by molar-refractivity contribution is 9.10. The molecule has 0 aliphatic carbocycles. The zero-order valence-corrected chi connectivity index (χ0v) is 35.2. The molecule has 12 nitrogen and oxygen atoms in total. The quantitative estimate of drug-likeness (QED) is 0.0811. The molecule has 6 rings (SSSR count). The fraction of sp³-hybridized carbons (Fsp3) is 0.381. The normalized spacial score (nSPS) is 17.5. The SMILES string of the molecule is CC(C)(C)C(=O)OC[C@H]1Cc2cc([N+](=O)[O-])ccc2N1[C@@H](c1ccc(Br)cc1)[C@H](c1ccc(Br)cc1)N1c2ccc([N+](=O)[O-])cc2C[C@@H]1COC(=O)C(C)(C)C. The zero-order chi connectivity index (χ0) is 40.7. The smallest absolute Gasteiger partial charge is 0.311 e. The molecule has 2 aliphatic heterocycles. The van der Waals surface area contributed by atoms with Gasteiger partial charge in [0, 0.05) is 44.6 Å². The number of hydrogen-bond acceptors (Lipinski definition) is 10. The first-order valence-electron chi connectivity index (χ1n) is 18.3. The third-order valence-corrected chi connectivity index (χ3v) is 11.2. The van der Waals surface area contributed by atoms with Crippen molar-refractivity contribution in [2.24, 2.45) is 10.8 Å². The Labute approximate surface area is 342 Å². The van der Waals surface area contributed by atoms with Crippen LogP contribution in [0.2, 0.25) is 0 Å². The number of hydrogen-bond donors (Lipinski definition) is 0. The fourth-order valence-electron chi connectivity index (χ4n) is 7.42. The van der Waals surface area contributed by atoms with E-state index in [-0.39, 0.29) is 36.5 Å². The number of anilines is 2. The van der Waals surface area contributed by atoms with Crippen LogP contribution in [0.4, 0.5) is 22.7 Å². The number of non-ortho nitro benzene ring substituents is 2. The predicted octanol–water partition coefficient (Wildman–Crippen LogP) is 9.85. The Balaban J connectivity index is 1.60. The molecular formula is C42H44Br2N4O8. The van der Waals surface area contributed by atoms with Crippen molar-refractivity contribution in [3.63, 3.8) is 0 Å². The van der Waals surface area contributed by atoms with E-state index in [1.54, 1.807) is 65.8 Å². The number of carbonyl (C=O) groups excluding carboxylic acids is 2. The van der Waals surface area contributed by atoms with Gasteiger partial charge in [0.1, 0.15) is 13.2 Å². The number of fused-ring (bicyclic) bond motifs is 2. The second-order valence-corrected chi connectivity index (χ2v) is 18.2. The molecule has 0 spiro atoms. The Kier molecular flexibility index (Phi) is 11.6. The van der Waals surface area contributed by atoms with E-state index >= 15 is 0 Å². The third kappa shape index (κ3) is 8.61. The molecular weight excluding hydrogens is 848 g/mol. The minimum atomic E-state index is -0.764. The summed E-state index contributed by atoms with van der Waals surface area (Å²) in [6.45, 7) is 10.7. The summed E-state index contributed by atoms with van der Waals surface area (Å²) in [5, 5.41) is 24.0. The van der Waals surface area contributed by atoms with Gasteiger partial charge in [0.15, 0.2) is 0 Å². The van der Waals surface area contributed by atoms with E-state index in [1.165, 1.54) is 12.1 Å². The second kappa shape index (κ2) is 16.0. The average molecular weight is 893 g/mol. The highest BCUT2D eigenvalue weighted by Crippen LogP contribution is 2.51. The number of benzene rings is 4. The number of nitro groups is 2. The van der Waals surface area contributed by atoms with Gasteiger partial charge < -0.3 is 19.3 Å². The molecule has 0 unspecified atom stereocenters. The van der Waals surface area contributed by atoms with Crippen molar-refractivity contribution in [2.45, 2.75) is 78.6 Å². The molecule has 0 amide bonds. The van der Waals surface area contributed by atoms with Crippen LogP contribution in [0, 0.1) is 31.1 Å². The van der Waals surface area contributed by atoms with Crippen molar-refractivity contribution in [3.8, 4) is 0 Å². The number of nitro benzene ring substituents is 2. The second-order valence-electron chi connectivity index (χ2n) is 16.4. The van der Waals surface area contributed by atoms with Crippen molar-refractivity contribution >= 4 is 66.5 Å². The first-order valence-corrected chi connectivity index (χ1v) is 19.9. The number of carbonyl (C=O) groups is 2. The first-order chi connectivity index (χ1) is 26.3. The molecule has 0 radical (unpaired) electrons. The summed E-state index contributed by atoms with van der Waals surface area (Å²) in [5.41, 5.74) is 3.14. The van der Waals surface area contributed by atoms with Gasteiger partial charge >= 0.3 is 11.9 Å². The Hall–Kier alpha value is -4.82. The molecule has 0 fully saturated rings. The highest BCUT2D eigenvalue weighted by Gasteiger charge is 2.47. The van der Waals surface area contributed by atoms with Gasteiger partial charge in [-0.25, -0.2) is 0 Å². The molecule has 0 saturated heterocycles. The van der Waals surface area contributed by atoms with E-state index in [0.717, 1.165) is 42.6 Å². The van der Waals surface area contributed by atoms with Gasteiger partial charge in [-0.05, 0) is 113 Å². The highest BCUT2D eigenvalue weighted by atomic mass is 79.9. The largest absolute Gasteiger partial charge is 0.463 e. The topological polar surface area (TPSA) is 145 Å². The summed E-state index contributed by atoms with van der Waals surface area (Å²) in [6.07, 6.45) is 0.730. The molecule has 4 aromatic carbocycles. The summed E-state index contributed by atoms with van der Waals surface area (Å²) < 4.78 is 13.7. The van der Waals surface area contributed by atoms with Gasteiger partial charge in [0.2, 0.25) is 0 Å². The Bertz CT molecular complexity index is 1990. The Morgan fingerprint density at radius 3 is 1.29 bits per heavy atom. The Morgan fingerprint density at radius 1 is 0.643 bits per heavy atom. The van der Waals surface area contributed by atoms with Crippen LogP contribution in [-0.2, 0) is 31.9 Å². The van der Waals surface area contributed by atoms with E-state index < -0.39 is 44.8 Å². The van der Waals surface area contributed by atoms with Gasteiger partial charge in [-0.15, -0.1) is 0 Å². The van der Waals surface area contributed by atoms with Crippen LogP contribution in [0.5, 0.6) is 0 Å². The maximum Gasteiger partial charge on any atom is 0.311 e. The maximum absolute atomic E-state index is 13.2. The molecule has 4 aromatic rings. The first kappa shape index (κ1) is 40.8. The van der Waals surface area contributed by atoms with Gasteiger partial charge in [0.05, 0.1) is 44.8 Å². The van der Waals surface area contributed by atoms with Crippen LogP contribution >= 0.6 is 31.9 Å². The lowest BCUT2D eigenvalue weighted by atomic mass is 9.89. The van der Waals surface area contributed by atoms with E-state index in [1.807, 2.05) is 48.5 Å². The number of esters is 2. The van der Waals surface area contributed by atoms with E-state index in [2.05, 4.69) is 41.7 Å². The molecule has 2 aliphatic rings. The van der Waals surface area contributed by atoms with Crippen LogP contribution in [0.15, 0.2) is 93.9 Å². The van der Waals surface area contributed by atoms with Gasteiger partial charge in [-0.2, -0.15) is 0 Å². The van der Waals surface area contributed by atoms with Crippen molar-refractivity contribution in [2.75, 3.05) is 23.0 Å². The lowest BCUT2D eigenvalue weighted by Crippen LogP contribution is -2.49. The lowest BCUT2D eigenvalue weighted by molar-refractivity contribution is -0.385. The van der Waals surface area contributed by atoms with Crippen molar-refractivity contribution in [1.82, 2.24) is 0 Å². The number of ether oxygens (including phenoxy) is 2. The van der Waals surface area contributed by atoms with Crippen molar-refractivity contribution in [3.05, 3.63) is 136 Å². The molecule has 294 valence electrons. The molecule has 0 N–H and O–H groups in total. The monoisotopic (exact) mass is 890 g/mol. The number of nitrogens with zero attached hydrogens (tertiary/aromatic N) is 4. The van der Waals surface area contributed by atoms with E-state index in [0.29, 0.717) is 12.8 Å². The molecule has 4 atom stereocenters. The van der Waals surface area contributed by atoms with E-state index in [9.17, 15) is 29.8 Å². The number of rotatable bonds is 11. The molecule has 0 saturated carbocycles. The summed E-state index contributed by atoms with van der Waals surface area (Å²) >= 11 is 7.20. The summed E-state index contributed by atoms with van der Waals surface area (Å²) in [4.78, 5) is 54.0. The van der Waals surface area contributed by atoms with Gasteiger partial charge in [-0.1, -0.05) is 56.1 Å². The zero-order valence-electron chi connectivity index (χ0n) is 32.0. The lowest BCUT2D eigenvalue weighted by Gasteiger charge is -2.46. The van der Waals surface area contributed by atoms with Crippen molar-refractivity contribution < 1.29 is 28.9 Å². The molecule has 56 heavy (non-hydrogen) atoms. The molecule has 2 heterocycles. The minimum absolute atomic E-state index is 0.00801. The average Bonchev–Trinajstić information content (AvgIpc) is 3.68. The van der Waals surface area contributed by atoms with E-state index in [4.69, 9.17) is 9.47 Å². The summed E-state index contributed by atoms with van der Waals surface area (Å²) in [7, 11) is 0. The van der Waals surface area contributed by atoms with Gasteiger partial charge in [-0.3, -0.25) is 29.8 Å². The maximum atomic E-state index is 13.2. The summed E-state index contributed by atoms with van der Waals surface area (Å²) in [5.74, 6) is -0.750. The van der Waals surface area contributed by atoms with Crippen LogP contribution in [0.25, 0.3) is 0 Å². The third-order valence-electron chi connectivity index (χ3n) is 10.2. The fourth-order valence-corrected chi connectivity index (χ4v) is 7.95. The standard InChI is InChI=1S/C42H44Br2N4O8/c1-41(2,3)39(49)55-23-33-21-27-19-31(47(51)52)15-17-35(27)45(33)37(25-7-11-29(43)12-8-25)38(26-9-13-30(44)14-10-26)46-34(24-56-40(50)42(4,5)6)22-28-20-32(48(53)54)16-18-36(28)46/h7-20,33-34,37-38H,21-24H2,1-6H3/t33-,34-,37+,38+/m1/s1. The predicted molar refractivity (Wildman–Crippen MR) is 221 cm³/mol. The van der Waals surface area contributed by atoms with Crippen molar-refractivity contribution in [1.29, 1.82) is 0 Å².